The van der Waals surface area contributed by atoms with Crippen LogP contribution in [-0.2, 0) is 19.9 Å². The van der Waals surface area contributed by atoms with E-state index in [9.17, 15) is 19.5 Å². The number of benzene rings is 1. The fourth-order valence-corrected chi connectivity index (χ4v) is 5.10. The van der Waals surface area contributed by atoms with Crippen LogP contribution in [0.25, 0.3) is 0 Å². The molecule has 3 heterocycles. The Hall–Kier alpha value is -2.25. The average Bonchev–Trinajstić information content (AvgIpc) is 3.24. The number of aliphatic hydroxyl groups is 1. The molecule has 0 unspecified atom stereocenters. The summed E-state index contributed by atoms with van der Waals surface area (Å²) in [5, 5.41) is 16.6. The Labute approximate surface area is 164 Å². The number of nitrogens with one attached hydrogen (secondary N) is 2. The maximum atomic E-state index is 13.4. The Morgan fingerprint density at radius 3 is 2.46 bits per heavy atom. The van der Waals surface area contributed by atoms with Gasteiger partial charge in [-0.2, -0.15) is 0 Å². The number of carbonyl (C=O) groups excluding carboxylic acids is 3. The number of rotatable bonds is 3. The Balaban J connectivity index is 1.93. The fourth-order valence-electron chi connectivity index (χ4n) is 5.10. The van der Waals surface area contributed by atoms with Crippen LogP contribution in [0.5, 0.6) is 0 Å². The lowest BCUT2D eigenvalue weighted by atomic mass is 9.76. The van der Waals surface area contributed by atoms with Gasteiger partial charge in [0.25, 0.3) is 0 Å². The number of hydrogen-bond acceptors (Lipinski definition) is 5. The van der Waals surface area contributed by atoms with Gasteiger partial charge in [-0.3, -0.25) is 24.6 Å². The third-order valence-corrected chi connectivity index (χ3v) is 6.94. The zero-order valence-corrected chi connectivity index (χ0v) is 16.9. The summed E-state index contributed by atoms with van der Waals surface area (Å²) in [5.41, 5.74) is 2.02. The smallest absolute Gasteiger partial charge is 0.250 e. The minimum atomic E-state index is -1.34. The summed E-state index contributed by atoms with van der Waals surface area (Å²) in [6.07, 6.45) is -0.249. The minimum Gasteiger partial charge on any atom is -0.392 e. The first-order valence-electron chi connectivity index (χ1n) is 9.91. The lowest BCUT2D eigenvalue weighted by molar-refractivity contribution is -0.145. The number of nitrogens with zero attached hydrogens (tertiary/aromatic N) is 1. The van der Waals surface area contributed by atoms with E-state index in [4.69, 9.17) is 0 Å². The fraction of sp³-hybridized carbons (Fsp3) is 0.571. The molecule has 1 aromatic carbocycles. The Morgan fingerprint density at radius 2 is 1.86 bits per heavy atom. The van der Waals surface area contributed by atoms with Gasteiger partial charge in [-0.1, -0.05) is 19.1 Å². The standard InChI is InChI=1S/C21H27N3O4/c1-6-10(3)24-18(26)14-15(19(24)27)21(23-17(14)12(5)25)13-8-7-9(2)11(4)16(13)22-20(21)28/h7-8,10,12,14-15,17,23,25H,6H2,1-5H3,(H,22,28)/t10-,12-,14-,15-,17-,21-/m0/s1. The normalized spacial score (nSPS) is 33.3. The molecule has 3 aliphatic rings. The third-order valence-electron chi connectivity index (χ3n) is 6.94. The van der Waals surface area contributed by atoms with Gasteiger partial charge < -0.3 is 10.4 Å². The zero-order valence-electron chi connectivity index (χ0n) is 16.9. The molecule has 2 fully saturated rings. The number of hydrogen-bond donors (Lipinski definition) is 3. The molecule has 0 bridgehead atoms. The lowest BCUT2D eigenvalue weighted by Crippen LogP contribution is -2.55. The van der Waals surface area contributed by atoms with Crippen molar-refractivity contribution in [3.05, 3.63) is 28.8 Å². The maximum Gasteiger partial charge on any atom is 0.250 e. The monoisotopic (exact) mass is 385 g/mol. The summed E-state index contributed by atoms with van der Waals surface area (Å²) in [5.74, 6) is -2.59. The zero-order chi connectivity index (χ0) is 20.5. The Kier molecular flexibility index (Phi) is 4.17. The van der Waals surface area contributed by atoms with Crippen molar-refractivity contribution in [3.63, 3.8) is 0 Å². The number of anilines is 1. The molecule has 150 valence electrons. The molecule has 3 aliphatic heterocycles. The van der Waals surface area contributed by atoms with Crippen molar-refractivity contribution in [2.45, 2.75) is 64.8 Å². The second-order valence-electron chi connectivity index (χ2n) is 8.41. The summed E-state index contributed by atoms with van der Waals surface area (Å²) >= 11 is 0. The van der Waals surface area contributed by atoms with Gasteiger partial charge >= 0.3 is 0 Å². The molecule has 1 aromatic rings. The summed E-state index contributed by atoms with van der Waals surface area (Å²) in [7, 11) is 0. The van der Waals surface area contributed by atoms with Crippen LogP contribution in [0, 0.1) is 25.7 Å². The van der Waals surface area contributed by atoms with Crippen molar-refractivity contribution in [3.8, 4) is 0 Å². The SMILES string of the molecule is CC[C@H](C)N1C(=O)[C@@H]2[C@H]([C@H](C)O)N[C@]3(C(=O)Nc4c3ccc(C)c4C)[C@@H]2C1=O. The van der Waals surface area contributed by atoms with E-state index in [1.807, 2.05) is 39.8 Å². The quantitative estimate of drug-likeness (QED) is 0.679. The van der Waals surface area contributed by atoms with Gasteiger partial charge in [0.05, 0.1) is 17.9 Å². The van der Waals surface area contributed by atoms with Crippen LogP contribution in [0.4, 0.5) is 5.69 Å². The average molecular weight is 385 g/mol. The highest BCUT2D eigenvalue weighted by molar-refractivity contribution is 6.15. The Bertz CT molecular complexity index is 896. The first kappa shape index (κ1) is 19.1. The van der Waals surface area contributed by atoms with Crippen molar-refractivity contribution in [1.82, 2.24) is 10.2 Å². The lowest BCUT2D eigenvalue weighted by Gasteiger charge is -2.31. The maximum absolute atomic E-state index is 13.4. The van der Waals surface area contributed by atoms with Crippen molar-refractivity contribution < 1.29 is 19.5 Å². The predicted molar refractivity (Wildman–Crippen MR) is 103 cm³/mol. The van der Waals surface area contributed by atoms with Crippen LogP contribution in [0.15, 0.2) is 12.1 Å². The van der Waals surface area contributed by atoms with Gasteiger partial charge in [0, 0.05) is 23.3 Å². The Morgan fingerprint density at radius 1 is 1.18 bits per heavy atom. The second-order valence-corrected chi connectivity index (χ2v) is 8.41. The third kappa shape index (κ3) is 2.14. The highest BCUT2D eigenvalue weighted by Crippen LogP contribution is 2.54. The number of fused-ring (bicyclic) bond motifs is 4. The molecule has 7 heteroatoms. The highest BCUT2D eigenvalue weighted by atomic mass is 16.3. The van der Waals surface area contributed by atoms with Crippen LogP contribution in [-0.4, -0.2) is 45.9 Å². The largest absolute Gasteiger partial charge is 0.392 e. The summed E-state index contributed by atoms with van der Waals surface area (Å²) in [4.78, 5) is 41.2. The van der Waals surface area contributed by atoms with Crippen LogP contribution >= 0.6 is 0 Å². The second kappa shape index (κ2) is 6.12. The summed E-state index contributed by atoms with van der Waals surface area (Å²) < 4.78 is 0. The van der Waals surface area contributed by atoms with Gasteiger partial charge in [-0.15, -0.1) is 0 Å². The van der Waals surface area contributed by atoms with Crippen LogP contribution in [0.2, 0.25) is 0 Å². The molecule has 0 aliphatic carbocycles. The number of amides is 3. The molecule has 4 rings (SSSR count). The topological polar surface area (TPSA) is 98.7 Å². The van der Waals surface area contributed by atoms with Crippen molar-refractivity contribution in [2.75, 3.05) is 5.32 Å². The molecular weight excluding hydrogens is 358 g/mol. The molecule has 7 nitrogen and oxygen atoms in total. The summed E-state index contributed by atoms with van der Waals surface area (Å²) in [6, 6.07) is 2.86. The van der Waals surface area contributed by atoms with Crippen molar-refractivity contribution in [1.29, 1.82) is 0 Å². The van der Waals surface area contributed by atoms with E-state index in [-0.39, 0.29) is 23.8 Å². The number of aryl methyl sites for hydroxylation is 1. The molecule has 28 heavy (non-hydrogen) atoms. The number of carbonyl (C=O) groups is 3. The van der Waals surface area contributed by atoms with Gasteiger partial charge in [0.1, 0.15) is 5.54 Å². The van der Waals surface area contributed by atoms with E-state index in [0.29, 0.717) is 17.7 Å². The van der Waals surface area contributed by atoms with Gasteiger partial charge in [0.15, 0.2) is 0 Å². The van der Waals surface area contributed by atoms with Gasteiger partial charge in [-0.05, 0) is 45.2 Å². The van der Waals surface area contributed by atoms with Crippen LogP contribution < -0.4 is 10.6 Å². The van der Waals surface area contributed by atoms with Gasteiger partial charge in [0.2, 0.25) is 17.7 Å². The molecule has 0 aromatic heterocycles. The van der Waals surface area contributed by atoms with Crippen LogP contribution in [0.1, 0.15) is 43.9 Å². The molecule has 3 amide bonds. The van der Waals surface area contributed by atoms with E-state index >= 15 is 0 Å². The molecule has 3 N–H and O–H groups in total. The predicted octanol–water partition coefficient (Wildman–Crippen LogP) is 1.20. The molecule has 0 saturated carbocycles. The highest BCUT2D eigenvalue weighted by Gasteiger charge is 2.71. The van der Waals surface area contributed by atoms with E-state index in [1.165, 1.54) is 4.90 Å². The number of likely N-dealkylation sites (tertiary alicyclic amines) is 1. The molecule has 2 saturated heterocycles. The van der Waals surface area contributed by atoms with E-state index in [2.05, 4.69) is 10.6 Å². The van der Waals surface area contributed by atoms with Crippen molar-refractivity contribution in [2.24, 2.45) is 11.8 Å². The molecule has 1 spiro atoms. The molecular formula is C21H27N3O4. The first-order chi connectivity index (χ1) is 13.2. The summed E-state index contributed by atoms with van der Waals surface area (Å²) in [6.45, 7) is 9.24. The van der Waals surface area contributed by atoms with Gasteiger partial charge in [-0.25, -0.2) is 0 Å². The molecule has 0 radical (unpaired) electrons. The van der Waals surface area contributed by atoms with E-state index in [1.54, 1.807) is 6.92 Å². The first-order valence-corrected chi connectivity index (χ1v) is 9.91. The number of aliphatic hydroxyl groups excluding tert-OH is 1. The van der Waals surface area contributed by atoms with E-state index < -0.39 is 29.5 Å². The van der Waals surface area contributed by atoms with Crippen LogP contribution in [0.3, 0.4) is 0 Å². The minimum absolute atomic E-state index is 0.249. The van der Waals surface area contributed by atoms with Crippen molar-refractivity contribution >= 4 is 23.4 Å². The van der Waals surface area contributed by atoms with E-state index in [0.717, 1.165) is 11.1 Å². The number of imide groups is 1. The molecule has 6 atom stereocenters.